The third-order valence-corrected chi connectivity index (χ3v) is 1.90. The molecule has 0 heterocycles. The van der Waals surface area contributed by atoms with Crippen molar-refractivity contribution in [1.82, 2.24) is 0 Å². The van der Waals surface area contributed by atoms with Crippen LogP contribution >= 0.6 is 0 Å². The largest absolute Gasteiger partial charge is 0.305 e. The fourth-order valence-corrected chi connectivity index (χ4v) is 1.12. The molecule has 1 aromatic carbocycles. The average molecular weight is 173 g/mol. The Balaban J connectivity index is 2.69. The van der Waals surface area contributed by atoms with Crippen LogP contribution in [0.3, 0.4) is 0 Å². The Bertz CT molecular complexity index is 324. The highest BCUT2D eigenvalue weighted by Gasteiger charge is 2.18. The molecule has 0 amide bonds. The van der Waals surface area contributed by atoms with Crippen molar-refractivity contribution >= 4 is 5.78 Å². The van der Waals surface area contributed by atoms with E-state index in [0.717, 1.165) is 5.56 Å². The molecule has 0 bridgehead atoms. The number of hydrogen-bond donors (Lipinski definition) is 0. The first-order valence-corrected chi connectivity index (χ1v) is 4.15. The zero-order chi connectivity index (χ0) is 9.68. The fraction of sp³-hybridized carbons (Fsp3) is 0.273. The lowest BCUT2D eigenvalue weighted by molar-refractivity contribution is -0.117. The standard InChI is InChI=1S/C11H11NO/c1-9(13)11(12-2)8-10-6-4-3-5-7-10/h3-7,11H,8H2,1H3. The van der Waals surface area contributed by atoms with E-state index < -0.39 is 6.04 Å². The molecule has 0 saturated heterocycles. The molecule has 0 aliphatic rings. The molecule has 1 aromatic rings. The first kappa shape index (κ1) is 9.47. The van der Waals surface area contributed by atoms with Crippen LogP contribution < -0.4 is 0 Å². The minimum atomic E-state index is -0.512. The Hall–Kier alpha value is -1.62. The molecular weight excluding hydrogens is 162 g/mol. The van der Waals surface area contributed by atoms with Crippen molar-refractivity contribution in [2.75, 3.05) is 0 Å². The summed E-state index contributed by atoms with van der Waals surface area (Å²) in [7, 11) is 0. The highest BCUT2D eigenvalue weighted by Crippen LogP contribution is 2.06. The summed E-state index contributed by atoms with van der Waals surface area (Å²) < 4.78 is 0. The van der Waals surface area contributed by atoms with E-state index in [0.29, 0.717) is 6.42 Å². The van der Waals surface area contributed by atoms with Gasteiger partial charge >= 0.3 is 0 Å². The first-order valence-electron chi connectivity index (χ1n) is 4.15. The zero-order valence-corrected chi connectivity index (χ0v) is 7.53. The van der Waals surface area contributed by atoms with Crippen LogP contribution in [0.15, 0.2) is 30.3 Å². The third kappa shape index (κ3) is 2.72. The lowest BCUT2D eigenvalue weighted by Crippen LogP contribution is -2.15. The topological polar surface area (TPSA) is 21.4 Å². The van der Waals surface area contributed by atoms with E-state index in [1.165, 1.54) is 6.92 Å². The quantitative estimate of drug-likeness (QED) is 0.641. The van der Waals surface area contributed by atoms with Crippen molar-refractivity contribution in [3.05, 3.63) is 47.3 Å². The predicted molar refractivity (Wildman–Crippen MR) is 51.2 cm³/mol. The van der Waals surface area contributed by atoms with Gasteiger partial charge in [0.25, 0.3) is 6.04 Å². The maximum atomic E-state index is 11.0. The Kier molecular flexibility index (Phi) is 3.22. The van der Waals surface area contributed by atoms with Gasteiger partial charge in [0.2, 0.25) is 5.78 Å². The van der Waals surface area contributed by atoms with Gasteiger partial charge in [0.15, 0.2) is 0 Å². The number of benzene rings is 1. The molecule has 2 heteroatoms. The first-order chi connectivity index (χ1) is 6.24. The molecular formula is C11H11NO. The molecule has 0 aliphatic carbocycles. The number of hydrogen-bond acceptors (Lipinski definition) is 1. The lowest BCUT2D eigenvalue weighted by atomic mass is 10.0. The van der Waals surface area contributed by atoms with Gasteiger partial charge in [-0.05, 0) is 5.56 Å². The molecule has 13 heavy (non-hydrogen) atoms. The Morgan fingerprint density at radius 1 is 1.46 bits per heavy atom. The summed E-state index contributed by atoms with van der Waals surface area (Å²) in [5, 5.41) is 0. The Morgan fingerprint density at radius 3 is 2.54 bits per heavy atom. The van der Waals surface area contributed by atoms with Crippen LogP contribution in [-0.2, 0) is 11.2 Å². The Labute approximate surface area is 78.0 Å². The number of carbonyl (C=O) groups excluding carboxylic acids is 1. The van der Waals surface area contributed by atoms with Crippen molar-refractivity contribution in [2.24, 2.45) is 0 Å². The number of Topliss-reactive ketones (excluding diaryl/α,β-unsaturated/α-hetero) is 1. The molecule has 0 aromatic heterocycles. The highest BCUT2D eigenvalue weighted by molar-refractivity contribution is 5.83. The number of carbonyl (C=O) groups is 1. The van der Waals surface area contributed by atoms with Crippen molar-refractivity contribution in [3.8, 4) is 0 Å². The number of rotatable bonds is 3. The monoisotopic (exact) mass is 173 g/mol. The molecule has 66 valence electrons. The van der Waals surface area contributed by atoms with Crippen molar-refractivity contribution < 1.29 is 4.79 Å². The van der Waals surface area contributed by atoms with E-state index in [1.54, 1.807) is 0 Å². The van der Waals surface area contributed by atoms with E-state index in [1.807, 2.05) is 30.3 Å². The summed E-state index contributed by atoms with van der Waals surface area (Å²) in [5.74, 6) is -0.0566. The smallest absolute Gasteiger partial charge is 0.284 e. The molecule has 2 nitrogen and oxygen atoms in total. The molecule has 0 spiro atoms. The normalized spacial score (nSPS) is 11.7. The predicted octanol–water partition coefficient (Wildman–Crippen LogP) is 2.11. The average Bonchev–Trinajstić information content (AvgIpc) is 2.15. The van der Waals surface area contributed by atoms with Gasteiger partial charge in [0.05, 0.1) is 6.42 Å². The van der Waals surface area contributed by atoms with E-state index >= 15 is 0 Å². The molecule has 0 radical (unpaired) electrons. The summed E-state index contributed by atoms with van der Waals surface area (Å²) >= 11 is 0. The van der Waals surface area contributed by atoms with Crippen LogP contribution in [0, 0.1) is 6.57 Å². The SMILES string of the molecule is [C-]#[N+]C(Cc1ccccc1)C(C)=O. The van der Waals surface area contributed by atoms with Gasteiger partial charge < -0.3 is 4.85 Å². The summed E-state index contributed by atoms with van der Waals surface area (Å²) in [6.07, 6.45) is 0.527. The van der Waals surface area contributed by atoms with Crippen LogP contribution in [0.25, 0.3) is 4.85 Å². The minimum absolute atomic E-state index is 0.0566. The van der Waals surface area contributed by atoms with Gasteiger partial charge in [-0.1, -0.05) is 30.3 Å². The maximum absolute atomic E-state index is 11.0. The molecule has 0 saturated carbocycles. The summed E-state index contributed by atoms with van der Waals surface area (Å²) in [4.78, 5) is 14.2. The summed E-state index contributed by atoms with van der Waals surface area (Å²) in [6, 6.07) is 9.10. The maximum Gasteiger partial charge on any atom is 0.284 e. The van der Waals surface area contributed by atoms with Gasteiger partial charge in [-0.3, -0.25) is 4.79 Å². The van der Waals surface area contributed by atoms with Gasteiger partial charge in [0.1, 0.15) is 0 Å². The van der Waals surface area contributed by atoms with Crippen LogP contribution in [0.2, 0.25) is 0 Å². The molecule has 1 rings (SSSR count). The van der Waals surface area contributed by atoms with Crippen LogP contribution in [-0.4, -0.2) is 11.8 Å². The minimum Gasteiger partial charge on any atom is -0.305 e. The van der Waals surface area contributed by atoms with Gasteiger partial charge in [-0.15, -0.1) is 0 Å². The van der Waals surface area contributed by atoms with Crippen LogP contribution in [0.4, 0.5) is 0 Å². The second-order valence-corrected chi connectivity index (χ2v) is 2.95. The van der Waals surface area contributed by atoms with Gasteiger partial charge in [-0.25, -0.2) is 6.57 Å². The molecule has 0 aliphatic heterocycles. The van der Waals surface area contributed by atoms with Gasteiger partial charge in [0, 0.05) is 6.92 Å². The van der Waals surface area contributed by atoms with E-state index in [4.69, 9.17) is 6.57 Å². The van der Waals surface area contributed by atoms with Crippen LogP contribution in [0.1, 0.15) is 12.5 Å². The van der Waals surface area contributed by atoms with Crippen LogP contribution in [0.5, 0.6) is 0 Å². The summed E-state index contributed by atoms with van der Waals surface area (Å²) in [5.41, 5.74) is 1.04. The molecule has 0 N–H and O–H groups in total. The lowest BCUT2D eigenvalue weighted by Gasteiger charge is -2.00. The molecule has 1 unspecified atom stereocenters. The second-order valence-electron chi connectivity index (χ2n) is 2.95. The number of nitrogens with zero attached hydrogens (tertiary/aromatic N) is 1. The van der Waals surface area contributed by atoms with E-state index in [2.05, 4.69) is 4.85 Å². The molecule has 0 fully saturated rings. The van der Waals surface area contributed by atoms with Crippen molar-refractivity contribution in [2.45, 2.75) is 19.4 Å². The van der Waals surface area contributed by atoms with Gasteiger partial charge in [-0.2, -0.15) is 0 Å². The fourth-order valence-electron chi connectivity index (χ4n) is 1.12. The Morgan fingerprint density at radius 2 is 2.08 bits per heavy atom. The van der Waals surface area contributed by atoms with Crippen molar-refractivity contribution in [1.29, 1.82) is 0 Å². The number of ketones is 1. The summed E-state index contributed by atoms with van der Waals surface area (Å²) in [6.45, 7) is 8.31. The second kappa shape index (κ2) is 4.42. The zero-order valence-electron chi connectivity index (χ0n) is 7.53. The van der Waals surface area contributed by atoms with E-state index in [-0.39, 0.29) is 5.78 Å². The van der Waals surface area contributed by atoms with Crippen molar-refractivity contribution in [3.63, 3.8) is 0 Å². The third-order valence-electron chi connectivity index (χ3n) is 1.90. The molecule has 1 atom stereocenters. The van der Waals surface area contributed by atoms with E-state index in [9.17, 15) is 4.79 Å². The highest BCUT2D eigenvalue weighted by atomic mass is 16.1.